The summed E-state index contributed by atoms with van der Waals surface area (Å²) in [4.78, 5) is 11.0. The Morgan fingerprint density at radius 2 is 1.96 bits per heavy atom. The lowest BCUT2D eigenvalue weighted by molar-refractivity contribution is 0.183. The number of hydrogen-bond acceptors (Lipinski definition) is 5. The summed E-state index contributed by atoms with van der Waals surface area (Å²) in [6.07, 6.45) is 9.18. The van der Waals surface area contributed by atoms with Gasteiger partial charge in [0.1, 0.15) is 0 Å². The first-order valence-electron chi connectivity index (χ1n) is 8.66. The van der Waals surface area contributed by atoms with Crippen molar-refractivity contribution in [2.24, 2.45) is 5.92 Å². The highest BCUT2D eigenvalue weighted by Gasteiger charge is 2.23. The number of nitrogens with one attached hydrogen (secondary N) is 1. The van der Waals surface area contributed by atoms with Gasteiger partial charge in [-0.05, 0) is 30.9 Å². The van der Waals surface area contributed by atoms with Crippen molar-refractivity contribution in [1.29, 1.82) is 0 Å². The molecule has 1 aliphatic heterocycles. The largest absolute Gasteiger partial charge is 0.348 e. The highest BCUT2D eigenvalue weighted by molar-refractivity contribution is 5.24. The standard InChI is InChI=1S/C17H24N6/c1-2-5-14(4-1)12-22-8-9-23-16(13-22)10-15(21-23)11-20-17-18-6-3-7-19-17/h3,6-7,10,14H,1-2,4-5,8-9,11-13H2,(H,18,19,20). The third-order valence-electron chi connectivity index (χ3n) is 4.91. The molecule has 6 heteroatoms. The molecule has 0 bridgehead atoms. The number of rotatable bonds is 5. The molecule has 1 aliphatic carbocycles. The fourth-order valence-corrected chi connectivity index (χ4v) is 3.74. The summed E-state index contributed by atoms with van der Waals surface area (Å²) in [5.74, 6) is 1.57. The molecule has 0 saturated heterocycles. The van der Waals surface area contributed by atoms with Gasteiger partial charge >= 0.3 is 0 Å². The van der Waals surface area contributed by atoms with Gasteiger partial charge < -0.3 is 5.32 Å². The average Bonchev–Trinajstić information content (AvgIpc) is 3.23. The summed E-state index contributed by atoms with van der Waals surface area (Å²) in [5, 5.41) is 7.93. The minimum Gasteiger partial charge on any atom is -0.348 e. The molecule has 3 heterocycles. The average molecular weight is 312 g/mol. The van der Waals surface area contributed by atoms with Gasteiger partial charge in [0.25, 0.3) is 0 Å². The van der Waals surface area contributed by atoms with Crippen molar-refractivity contribution in [3.05, 3.63) is 35.9 Å². The molecule has 0 radical (unpaired) electrons. The van der Waals surface area contributed by atoms with Gasteiger partial charge in [-0.15, -0.1) is 0 Å². The van der Waals surface area contributed by atoms with Gasteiger partial charge in [-0.1, -0.05) is 12.8 Å². The first-order valence-corrected chi connectivity index (χ1v) is 8.66. The van der Waals surface area contributed by atoms with Crippen LogP contribution in [-0.4, -0.2) is 37.7 Å². The van der Waals surface area contributed by atoms with E-state index in [1.807, 2.05) is 6.07 Å². The van der Waals surface area contributed by atoms with E-state index >= 15 is 0 Å². The molecule has 1 saturated carbocycles. The van der Waals surface area contributed by atoms with E-state index in [4.69, 9.17) is 5.10 Å². The summed E-state index contributed by atoms with van der Waals surface area (Å²) in [5.41, 5.74) is 2.40. The molecule has 23 heavy (non-hydrogen) atoms. The Labute approximate surface area is 136 Å². The Morgan fingerprint density at radius 1 is 1.13 bits per heavy atom. The van der Waals surface area contributed by atoms with E-state index in [0.717, 1.165) is 31.2 Å². The Kier molecular flexibility index (Phi) is 4.24. The fraction of sp³-hybridized carbons (Fsp3) is 0.588. The van der Waals surface area contributed by atoms with Crippen molar-refractivity contribution in [2.75, 3.05) is 18.4 Å². The number of fused-ring (bicyclic) bond motifs is 1. The van der Waals surface area contributed by atoms with Crippen LogP contribution >= 0.6 is 0 Å². The second-order valence-corrected chi connectivity index (χ2v) is 6.66. The van der Waals surface area contributed by atoms with E-state index < -0.39 is 0 Å². The molecule has 6 nitrogen and oxygen atoms in total. The lowest BCUT2D eigenvalue weighted by Gasteiger charge is -2.29. The summed E-state index contributed by atoms with van der Waals surface area (Å²) in [7, 11) is 0. The smallest absolute Gasteiger partial charge is 0.222 e. The van der Waals surface area contributed by atoms with Gasteiger partial charge in [-0.2, -0.15) is 5.10 Å². The monoisotopic (exact) mass is 312 g/mol. The zero-order chi connectivity index (χ0) is 15.5. The minimum atomic E-state index is 0.654. The Hall–Kier alpha value is -1.95. The third-order valence-corrected chi connectivity index (χ3v) is 4.91. The highest BCUT2D eigenvalue weighted by Crippen LogP contribution is 2.26. The molecular formula is C17H24N6. The first kappa shape index (κ1) is 14.6. The van der Waals surface area contributed by atoms with Crippen molar-refractivity contribution in [1.82, 2.24) is 24.6 Å². The Bertz CT molecular complexity index is 632. The summed E-state index contributed by atoms with van der Waals surface area (Å²) >= 11 is 0. The molecular weight excluding hydrogens is 288 g/mol. The minimum absolute atomic E-state index is 0.654. The molecule has 0 amide bonds. The van der Waals surface area contributed by atoms with Crippen molar-refractivity contribution >= 4 is 5.95 Å². The first-order chi connectivity index (χ1) is 11.4. The molecule has 122 valence electrons. The van der Waals surface area contributed by atoms with Gasteiger partial charge in [-0.25, -0.2) is 9.97 Å². The maximum atomic E-state index is 4.70. The predicted molar refractivity (Wildman–Crippen MR) is 88.8 cm³/mol. The maximum Gasteiger partial charge on any atom is 0.222 e. The lowest BCUT2D eigenvalue weighted by Crippen LogP contribution is -2.36. The predicted octanol–water partition coefficient (Wildman–Crippen LogP) is 2.29. The number of hydrogen-bond donors (Lipinski definition) is 1. The van der Waals surface area contributed by atoms with E-state index in [9.17, 15) is 0 Å². The second-order valence-electron chi connectivity index (χ2n) is 6.66. The van der Waals surface area contributed by atoms with Crippen molar-refractivity contribution in [2.45, 2.75) is 45.3 Å². The molecule has 0 atom stereocenters. The van der Waals surface area contributed by atoms with E-state index in [0.29, 0.717) is 12.5 Å². The van der Waals surface area contributed by atoms with E-state index in [2.05, 4.69) is 30.9 Å². The van der Waals surface area contributed by atoms with Gasteiger partial charge in [0.15, 0.2) is 0 Å². The molecule has 2 aromatic rings. The summed E-state index contributed by atoms with van der Waals surface area (Å²) in [6.45, 7) is 5.10. The molecule has 1 N–H and O–H groups in total. The van der Waals surface area contributed by atoms with E-state index in [-0.39, 0.29) is 0 Å². The SMILES string of the molecule is c1cnc(NCc2cc3n(n2)CCN(CC2CCCC2)C3)nc1. The van der Waals surface area contributed by atoms with Gasteiger partial charge in [0, 0.05) is 32.0 Å². The van der Waals surface area contributed by atoms with Crippen LogP contribution in [0.3, 0.4) is 0 Å². The van der Waals surface area contributed by atoms with Crippen LogP contribution in [0.2, 0.25) is 0 Å². The zero-order valence-electron chi connectivity index (χ0n) is 13.5. The summed E-state index contributed by atoms with van der Waals surface area (Å²) < 4.78 is 2.16. The number of anilines is 1. The normalized spacial score (nSPS) is 19.0. The Morgan fingerprint density at radius 3 is 2.78 bits per heavy atom. The zero-order valence-corrected chi connectivity index (χ0v) is 13.5. The van der Waals surface area contributed by atoms with Crippen molar-refractivity contribution < 1.29 is 0 Å². The third kappa shape index (κ3) is 3.52. The van der Waals surface area contributed by atoms with Crippen LogP contribution in [-0.2, 0) is 19.6 Å². The molecule has 0 aromatic carbocycles. The summed E-state index contributed by atoms with van der Waals surface area (Å²) in [6, 6.07) is 4.04. The van der Waals surface area contributed by atoms with E-state index in [1.165, 1.54) is 37.9 Å². The second kappa shape index (κ2) is 6.66. The van der Waals surface area contributed by atoms with Gasteiger partial charge in [-0.3, -0.25) is 9.58 Å². The van der Waals surface area contributed by atoms with Crippen molar-refractivity contribution in [3.63, 3.8) is 0 Å². The van der Waals surface area contributed by atoms with Crippen LogP contribution in [0.5, 0.6) is 0 Å². The van der Waals surface area contributed by atoms with Gasteiger partial charge in [0.05, 0.1) is 24.5 Å². The molecule has 0 spiro atoms. The van der Waals surface area contributed by atoms with Crippen LogP contribution in [0, 0.1) is 5.92 Å². The number of aromatic nitrogens is 4. The Balaban J connectivity index is 1.35. The maximum absolute atomic E-state index is 4.70. The molecule has 2 aliphatic rings. The molecule has 0 unspecified atom stereocenters. The van der Waals surface area contributed by atoms with Gasteiger partial charge in [0.2, 0.25) is 5.95 Å². The lowest BCUT2D eigenvalue weighted by atomic mass is 10.1. The quantitative estimate of drug-likeness (QED) is 0.918. The topological polar surface area (TPSA) is 58.9 Å². The van der Waals surface area contributed by atoms with Crippen LogP contribution in [0.15, 0.2) is 24.5 Å². The fourth-order valence-electron chi connectivity index (χ4n) is 3.74. The molecule has 4 rings (SSSR count). The van der Waals surface area contributed by atoms with Crippen LogP contribution in [0.25, 0.3) is 0 Å². The van der Waals surface area contributed by atoms with Crippen LogP contribution in [0.1, 0.15) is 37.1 Å². The van der Waals surface area contributed by atoms with Crippen molar-refractivity contribution in [3.8, 4) is 0 Å². The number of nitrogens with zero attached hydrogens (tertiary/aromatic N) is 5. The van der Waals surface area contributed by atoms with Crippen LogP contribution < -0.4 is 5.32 Å². The molecule has 1 fully saturated rings. The van der Waals surface area contributed by atoms with E-state index in [1.54, 1.807) is 12.4 Å². The highest BCUT2D eigenvalue weighted by atomic mass is 15.3. The van der Waals surface area contributed by atoms with Crippen LogP contribution in [0.4, 0.5) is 5.95 Å². The molecule has 2 aromatic heterocycles.